The zero-order valence-electron chi connectivity index (χ0n) is 13.7. The van der Waals surface area contributed by atoms with Crippen LogP contribution in [0.2, 0.25) is 0 Å². The first-order valence-corrected chi connectivity index (χ1v) is 8.42. The summed E-state index contributed by atoms with van der Waals surface area (Å²) in [6.45, 7) is 3.01. The number of nitrogens with one attached hydrogen (secondary N) is 1. The highest BCUT2D eigenvalue weighted by molar-refractivity contribution is 5.93. The minimum atomic E-state index is -0.123. The van der Waals surface area contributed by atoms with E-state index in [1.807, 2.05) is 0 Å². The van der Waals surface area contributed by atoms with Gasteiger partial charge in [-0.1, -0.05) is 0 Å². The number of rotatable bonds is 5. The van der Waals surface area contributed by atoms with Crippen molar-refractivity contribution in [3.63, 3.8) is 0 Å². The lowest BCUT2D eigenvalue weighted by atomic mass is 10.2. The SMILES string of the molecule is CN1CCO[C@H](CNC(=O)c2ccc(OC3CCCC3)nc2)C1. The molecule has 0 radical (unpaired) electrons. The molecular weight excluding hydrogens is 294 g/mol. The number of amides is 1. The molecule has 126 valence electrons. The van der Waals surface area contributed by atoms with Gasteiger partial charge >= 0.3 is 0 Å². The van der Waals surface area contributed by atoms with Gasteiger partial charge in [-0.25, -0.2) is 4.98 Å². The van der Waals surface area contributed by atoms with Crippen LogP contribution in [0.15, 0.2) is 18.3 Å². The zero-order chi connectivity index (χ0) is 16.1. The van der Waals surface area contributed by atoms with E-state index < -0.39 is 0 Å². The monoisotopic (exact) mass is 319 g/mol. The van der Waals surface area contributed by atoms with Crippen LogP contribution in [0, 0.1) is 0 Å². The number of hydrogen-bond donors (Lipinski definition) is 1. The first-order chi connectivity index (χ1) is 11.2. The largest absolute Gasteiger partial charge is 0.474 e. The van der Waals surface area contributed by atoms with Gasteiger partial charge in [-0.2, -0.15) is 0 Å². The maximum absolute atomic E-state index is 12.2. The Bertz CT molecular complexity index is 514. The van der Waals surface area contributed by atoms with Gasteiger partial charge in [0.25, 0.3) is 5.91 Å². The molecule has 1 aliphatic heterocycles. The second-order valence-corrected chi connectivity index (χ2v) is 6.37. The molecule has 1 amide bonds. The Balaban J connectivity index is 1.47. The van der Waals surface area contributed by atoms with Crippen molar-refractivity contribution in [1.82, 2.24) is 15.2 Å². The molecule has 2 aliphatic rings. The van der Waals surface area contributed by atoms with Crippen LogP contribution in [0.25, 0.3) is 0 Å². The van der Waals surface area contributed by atoms with Crippen LogP contribution in [-0.2, 0) is 4.74 Å². The molecule has 6 heteroatoms. The number of pyridine rings is 1. The van der Waals surface area contributed by atoms with Gasteiger partial charge in [0.2, 0.25) is 5.88 Å². The van der Waals surface area contributed by atoms with Crippen LogP contribution in [-0.4, -0.2) is 61.3 Å². The molecule has 0 spiro atoms. The van der Waals surface area contributed by atoms with Gasteiger partial charge in [0.05, 0.1) is 18.3 Å². The molecule has 6 nitrogen and oxygen atoms in total. The summed E-state index contributed by atoms with van der Waals surface area (Å²) < 4.78 is 11.4. The molecular formula is C17H25N3O3. The number of carbonyl (C=O) groups is 1. The van der Waals surface area contributed by atoms with Gasteiger partial charge in [0.1, 0.15) is 6.10 Å². The number of morpholine rings is 1. The predicted octanol–water partition coefficient (Wildman–Crippen LogP) is 1.46. The molecule has 1 N–H and O–H groups in total. The van der Waals surface area contributed by atoms with E-state index in [0.717, 1.165) is 25.9 Å². The molecule has 2 heterocycles. The maximum atomic E-state index is 12.2. The van der Waals surface area contributed by atoms with E-state index in [9.17, 15) is 4.79 Å². The summed E-state index contributed by atoms with van der Waals surface area (Å²) in [7, 11) is 2.06. The number of hydrogen-bond acceptors (Lipinski definition) is 5. The van der Waals surface area contributed by atoms with Gasteiger partial charge in [0.15, 0.2) is 0 Å². The van der Waals surface area contributed by atoms with E-state index >= 15 is 0 Å². The fourth-order valence-corrected chi connectivity index (χ4v) is 3.06. The highest BCUT2D eigenvalue weighted by atomic mass is 16.5. The summed E-state index contributed by atoms with van der Waals surface area (Å²) in [5.41, 5.74) is 0.549. The average molecular weight is 319 g/mol. The van der Waals surface area contributed by atoms with E-state index in [1.165, 1.54) is 12.8 Å². The molecule has 1 saturated heterocycles. The molecule has 2 fully saturated rings. The molecule has 1 atom stereocenters. The van der Waals surface area contributed by atoms with Crippen LogP contribution in [0.4, 0.5) is 0 Å². The Morgan fingerprint density at radius 3 is 2.96 bits per heavy atom. The number of nitrogens with zero attached hydrogens (tertiary/aromatic N) is 2. The fourth-order valence-electron chi connectivity index (χ4n) is 3.06. The van der Waals surface area contributed by atoms with Gasteiger partial charge < -0.3 is 19.7 Å². The Kier molecular flexibility index (Phi) is 5.46. The van der Waals surface area contributed by atoms with E-state index in [0.29, 0.717) is 24.6 Å². The van der Waals surface area contributed by atoms with Crippen molar-refractivity contribution < 1.29 is 14.3 Å². The van der Waals surface area contributed by atoms with E-state index in [4.69, 9.17) is 9.47 Å². The van der Waals surface area contributed by atoms with Gasteiger partial charge in [-0.05, 0) is 38.8 Å². The van der Waals surface area contributed by atoms with Crippen LogP contribution in [0.5, 0.6) is 5.88 Å². The third-order valence-corrected chi connectivity index (χ3v) is 4.42. The highest BCUT2D eigenvalue weighted by Crippen LogP contribution is 2.22. The van der Waals surface area contributed by atoms with Crippen molar-refractivity contribution >= 4 is 5.91 Å². The average Bonchev–Trinajstić information content (AvgIpc) is 3.06. The first kappa shape index (κ1) is 16.2. The van der Waals surface area contributed by atoms with Gasteiger partial charge in [-0.3, -0.25) is 4.79 Å². The Morgan fingerprint density at radius 1 is 1.43 bits per heavy atom. The molecule has 1 aliphatic carbocycles. The topological polar surface area (TPSA) is 63.7 Å². The lowest BCUT2D eigenvalue weighted by Crippen LogP contribution is -2.45. The second kappa shape index (κ2) is 7.75. The molecule has 1 aromatic heterocycles. The normalized spacial score (nSPS) is 22.9. The molecule has 1 saturated carbocycles. The first-order valence-electron chi connectivity index (χ1n) is 8.42. The van der Waals surface area contributed by atoms with Crippen LogP contribution in [0.3, 0.4) is 0 Å². The quantitative estimate of drug-likeness (QED) is 0.890. The Labute approximate surface area is 137 Å². The van der Waals surface area contributed by atoms with Crippen molar-refractivity contribution in [2.75, 3.05) is 33.3 Å². The van der Waals surface area contributed by atoms with E-state index in [1.54, 1.807) is 18.3 Å². The summed E-state index contributed by atoms with van der Waals surface area (Å²) in [4.78, 5) is 18.6. The van der Waals surface area contributed by atoms with Gasteiger partial charge in [-0.15, -0.1) is 0 Å². The van der Waals surface area contributed by atoms with E-state index in [-0.39, 0.29) is 18.1 Å². The van der Waals surface area contributed by atoms with Crippen LogP contribution in [0.1, 0.15) is 36.0 Å². The summed E-state index contributed by atoms with van der Waals surface area (Å²) in [5, 5.41) is 2.91. The minimum Gasteiger partial charge on any atom is -0.474 e. The molecule has 1 aromatic rings. The standard InChI is InChI=1S/C17H25N3O3/c1-20-8-9-22-15(12-20)11-19-17(21)13-6-7-16(18-10-13)23-14-4-2-3-5-14/h6-7,10,14-15H,2-5,8-9,11-12H2,1H3,(H,19,21)/t15-/m1/s1. The number of carbonyl (C=O) groups excluding carboxylic acids is 1. The third kappa shape index (κ3) is 4.65. The highest BCUT2D eigenvalue weighted by Gasteiger charge is 2.19. The predicted molar refractivity (Wildman–Crippen MR) is 86.7 cm³/mol. The van der Waals surface area contributed by atoms with E-state index in [2.05, 4.69) is 22.2 Å². The number of aromatic nitrogens is 1. The fraction of sp³-hybridized carbons (Fsp3) is 0.647. The molecule has 0 bridgehead atoms. The summed E-state index contributed by atoms with van der Waals surface area (Å²) in [6.07, 6.45) is 6.55. The molecule has 3 rings (SSSR count). The van der Waals surface area contributed by atoms with Crippen molar-refractivity contribution in [2.45, 2.75) is 37.9 Å². The summed E-state index contributed by atoms with van der Waals surface area (Å²) in [6, 6.07) is 3.54. The Morgan fingerprint density at radius 2 is 2.26 bits per heavy atom. The van der Waals surface area contributed by atoms with Crippen molar-refractivity contribution in [1.29, 1.82) is 0 Å². The maximum Gasteiger partial charge on any atom is 0.252 e. The van der Waals surface area contributed by atoms with Crippen molar-refractivity contribution in [2.24, 2.45) is 0 Å². The van der Waals surface area contributed by atoms with Crippen molar-refractivity contribution in [3.05, 3.63) is 23.9 Å². The minimum absolute atomic E-state index is 0.0515. The lowest BCUT2D eigenvalue weighted by Gasteiger charge is -2.30. The zero-order valence-corrected chi connectivity index (χ0v) is 13.7. The van der Waals surface area contributed by atoms with Crippen LogP contribution >= 0.6 is 0 Å². The van der Waals surface area contributed by atoms with Crippen molar-refractivity contribution in [3.8, 4) is 5.88 Å². The molecule has 0 aromatic carbocycles. The third-order valence-electron chi connectivity index (χ3n) is 4.42. The molecule has 23 heavy (non-hydrogen) atoms. The summed E-state index contributed by atoms with van der Waals surface area (Å²) in [5.74, 6) is 0.479. The van der Waals surface area contributed by atoms with Crippen LogP contribution < -0.4 is 10.1 Å². The van der Waals surface area contributed by atoms with Gasteiger partial charge in [0, 0.05) is 31.9 Å². The smallest absolute Gasteiger partial charge is 0.252 e. The Hall–Kier alpha value is -1.66. The lowest BCUT2D eigenvalue weighted by molar-refractivity contribution is -0.0175. The number of ether oxygens (including phenoxy) is 2. The number of likely N-dealkylation sites (N-methyl/N-ethyl adjacent to an activating group) is 1. The summed E-state index contributed by atoms with van der Waals surface area (Å²) >= 11 is 0. The molecule has 0 unspecified atom stereocenters. The second-order valence-electron chi connectivity index (χ2n) is 6.37.